The number of halogens is 1. The molecule has 0 aliphatic carbocycles. The Morgan fingerprint density at radius 3 is 3.09 bits per heavy atom. The largest absolute Gasteiger partial charge is 0.357 e. The van der Waals surface area contributed by atoms with Gasteiger partial charge in [-0.15, -0.1) is 0 Å². The van der Waals surface area contributed by atoms with Gasteiger partial charge in [0.15, 0.2) is 0 Å². The molecule has 0 saturated carbocycles. The first-order valence-electron chi connectivity index (χ1n) is 8.19. The molecule has 1 aliphatic rings. The van der Waals surface area contributed by atoms with Crippen LogP contribution in [0.25, 0.3) is 10.9 Å². The molecule has 5 heteroatoms. The van der Waals surface area contributed by atoms with Crippen LogP contribution in [0.5, 0.6) is 0 Å². The van der Waals surface area contributed by atoms with Gasteiger partial charge in [-0.05, 0) is 56.1 Å². The maximum absolute atomic E-state index is 13.5. The number of H-pyrrole nitrogens is 2. The van der Waals surface area contributed by atoms with Gasteiger partial charge in [-0.1, -0.05) is 0 Å². The van der Waals surface area contributed by atoms with Crippen molar-refractivity contribution in [1.29, 1.82) is 0 Å². The van der Waals surface area contributed by atoms with E-state index in [0.29, 0.717) is 5.92 Å². The van der Waals surface area contributed by atoms with E-state index in [2.05, 4.69) is 33.1 Å². The Morgan fingerprint density at radius 2 is 2.26 bits per heavy atom. The third-order valence-corrected chi connectivity index (χ3v) is 4.97. The quantitative estimate of drug-likeness (QED) is 0.774. The average molecular weight is 312 g/mol. The fourth-order valence-corrected chi connectivity index (χ4v) is 3.68. The van der Waals surface area contributed by atoms with E-state index in [0.717, 1.165) is 36.1 Å². The lowest BCUT2D eigenvalue weighted by molar-refractivity contribution is 0.196. The summed E-state index contributed by atoms with van der Waals surface area (Å²) in [6, 6.07) is 7.03. The van der Waals surface area contributed by atoms with Gasteiger partial charge >= 0.3 is 0 Å². The van der Waals surface area contributed by atoms with Crippen LogP contribution in [0.3, 0.4) is 0 Å². The molecule has 4 nitrogen and oxygen atoms in total. The summed E-state index contributed by atoms with van der Waals surface area (Å²) in [5.74, 6) is 0.344. The number of aromatic nitrogens is 3. The molecule has 4 rings (SSSR count). The van der Waals surface area contributed by atoms with Crippen molar-refractivity contribution in [1.82, 2.24) is 20.1 Å². The fourth-order valence-electron chi connectivity index (χ4n) is 3.68. The predicted octanol–water partition coefficient (Wildman–Crippen LogP) is 3.72. The summed E-state index contributed by atoms with van der Waals surface area (Å²) in [5, 5.41) is 8.16. The summed E-state index contributed by atoms with van der Waals surface area (Å²) in [7, 11) is 0. The molecule has 1 aliphatic heterocycles. The summed E-state index contributed by atoms with van der Waals surface area (Å²) in [5.41, 5.74) is 4.59. The van der Waals surface area contributed by atoms with E-state index < -0.39 is 0 Å². The fraction of sp³-hybridized carbons (Fsp3) is 0.389. The van der Waals surface area contributed by atoms with E-state index in [-0.39, 0.29) is 5.82 Å². The summed E-state index contributed by atoms with van der Waals surface area (Å²) >= 11 is 0. The summed E-state index contributed by atoms with van der Waals surface area (Å²) in [4.78, 5) is 5.93. The molecule has 0 spiro atoms. The standard InChI is InChI=1S/C18H21FN4/c1-12-15-9-14(19)4-5-17(15)21-18(12)11-23-8-2-3-13(10-23)16-6-7-20-22-16/h4-7,9,13,21H,2-3,8,10-11H2,1H3,(H,20,22)/t13-/m0/s1. The zero-order valence-electron chi connectivity index (χ0n) is 13.3. The Balaban J connectivity index is 1.54. The van der Waals surface area contributed by atoms with Gasteiger partial charge in [0.2, 0.25) is 0 Å². The van der Waals surface area contributed by atoms with Crippen molar-refractivity contribution in [3.05, 3.63) is 53.2 Å². The Morgan fingerprint density at radius 1 is 1.35 bits per heavy atom. The summed E-state index contributed by atoms with van der Waals surface area (Å²) in [6.07, 6.45) is 4.22. The lowest BCUT2D eigenvalue weighted by Crippen LogP contribution is -2.34. The van der Waals surface area contributed by atoms with Gasteiger partial charge in [0.05, 0.1) is 0 Å². The van der Waals surface area contributed by atoms with Crippen molar-refractivity contribution in [3.63, 3.8) is 0 Å². The Hall–Kier alpha value is -2.14. The van der Waals surface area contributed by atoms with Crippen LogP contribution in [0.4, 0.5) is 4.39 Å². The molecule has 2 N–H and O–H groups in total. The number of rotatable bonds is 3. The van der Waals surface area contributed by atoms with Gasteiger partial charge in [0, 0.05) is 47.5 Å². The molecule has 23 heavy (non-hydrogen) atoms. The molecule has 2 aromatic heterocycles. The minimum Gasteiger partial charge on any atom is -0.357 e. The number of fused-ring (bicyclic) bond motifs is 1. The Labute approximate surface area is 134 Å². The van der Waals surface area contributed by atoms with Crippen LogP contribution in [0.2, 0.25) is 0 Å². The molecule has 3 heterocycles. The van der Waals surface area contributed by atoms with Crippen LogP contribution >= 0.6 is 0 Å². The van der Waals surface area contributed by atoms with Crippen LogP contribution in [-0.4, -0.2) is 33.2 Å². The molecule has 1 saturated heterocycles. The number of likely N-dealkylation sites (tertiary alicyclic amines) is 1. The number of hydrogen-bond donors (Lipinski definition) is 2. The molecule has 0 radical (unpaired) electrons. The van der Waals surface area contributed by atoms with Gasteiger partial charge in [0.1, 0.15) is 5.82 Å². The smallest absolute Gasteiger partial charge is 0.123 e. The van der Waals surface area contributed by atoms with Crippen LogP contribution < -0.4 is 0 Å². The Kier molecular flexibility index (Phi) is 3.65. The van der Waals surface area contributed by atoms with Crippen molar-refractivity contribution >= 4 is 10.9 Å². The number of aromatic amines is 2. The molecular weight excluding hydrogens is 291 g/mol. The molecule has 1 fully saturated rings. The second-order valence-electron chi connectivity index (χ2n) is 6.50. The summed E-state index contributed by atoms with van der Waals surface area (Å²) in [6.45, 7) is 5.09. The van der Waals surface area contributed by atoms with Crippen molar-refractivity contribution in [2.45, 2.75) is 32.2 Å². The SMILES string of the molecule is Cc1c(CN2CCC[C@H](c3ccn[nH]3)C2)[nH]c2ccc(F)cc12. The van der Waals surface area contributed by atoms with Gasteiger partial charge in [-0.2, -0.15) is 5.10 Å². The number of piperidine rings is 1. The molecule has 0 amide bonds. The van der Waals surface area contributed by atoms with Gasteiger partial charge < -0.3 is 4.98 Å². The highest BCUT2D eigenvalue weighted by molar-refractivity contribution is 5.84. The van der Waals surface area contributed by atoms with E-state index in [1.165, 1.54) is 30.3 Å². The first kappa shape index (κ1) is 14.5. The van der Waals surface area contributed by atoms with Crippen molar-refractivity contribution in [2.75, 3.05) is 13.1 Å². The van der Waals surface area contributed by atoms with Crippen LogP contribution in [0, 0.1) is 12.7 Å². The van der Waals surface area contributed by atoms with Crippen molar-refractivity contribution in [3.8, 4) is 0 Å². The molecule has 120 valence electrons. The highest BCUT2D eigenvalue weighted by Crippen LogP contribution is 2.28. The molecule has 3 aromatic rings. The normalized spacial score (nSPS) is 19.5. The van der Waals surface area contributed by atoms with Gasteiger partial charge in [0.25, 0.3) is 0 Å². The second-order valence-corrected chi connectivity index (χ2v) is 6.50. The molecule has 0 bridgehead atoms. The zero-order valence-corrected chi connectivity index (χ0v) is 13.3. The third kappa shape index (κ3) is 2.77. The van der Waals surface area contributed by atoms with Crippen LogP contribution in [-0.2, 0) is 6.54 Å². The average Bonchev–Trinajstić information content (AvgIpc) is 3.18. The van der Waals surface area contributed by atoms with E-state index in [9.17, 15) is 4.39 Å². The van der Waals surface area contributed by atoms with Crippen molar-refractivity contribution < 1.29 is 4.39 Å². The third-order valence-electron chi connectivity index (χ3n) is 4.97. The number of hydrogen-bond acceptors (Lipinski definition) is 2. The number of nitrogens with one attached hydrogen (secondary N) is 2. The second kappa shape index (κ2) is 5.81. The Bertz CT molecular complexity index is 806. The first-order chi connectivity index (χ1) is 11.2. The minimum atomic E-state index is -0.177. The van der Waals surface area contributed by atoms with E-state index >= 15 is 0 Å². The number of nitrogens with zero attached hydrogens (tertiary/aromatic N) is 2. The first-order valence-corrected chi connectivity index (χ1v) is 8.19. The lowest BCUT2D eigenvalue weighted by Gasteiger charge is -2.32. The van der Waals surface area contributed by atoms with Crippen LogP contribution in [0.15, 0.2) is 30.5 Å². The monoisotopic (exact) mass is 312 g/mol. The zero-order chi connectivity index (χ0) is 15.8. The molecule has 1 atom stereocenters. The number of aryl methyl sites for hydroxylation is 1. The van der Waals surface area contributed by atoms with Crippen molar-refractivity contribution in [2.24, 2.45) is 0 Å². The van der Waals surface area contributed by atoms with Crippen LogP contribution in [0.1, 0.15) is 35.7 Å². The van der Waals surface area contributed by atoms with E-state index in [1.54, 1.807) is 6.07 Å². The molecular formula is C18H21FN4. The van der Waals surface area contributed by atoms with E-state index in [1.807, 2.05) is 12.3 Å². The maximum Gasteiger partial charge on any atom is 0.123 e. The number of benzene rings is 1. The maximum atomic E-state index is 13.5. The molecule has 0 unspecified atom stereocenters. The lowest BCUT2D eigenvalue weighted by atomic mass is 9.95. The van der Waals surface area contributed by atoms with Gasteiger partial charge in [-0.25, -0.2) is 4.39 Å². The summed E-state index contributed by atoms with van der Waals surface area (Å²) < 4.78 is 13.5. The van der Waals surface area contributed by atoms with E-state index in [4.69, 9.17) is 0 Å². The highest BCUT2D eigenvalue weighted by Gasteiger charge is 2.23. The minimum absolute atomic E-state index is 0.177. The molecule has 1 aromatic carbocycles. The van der Waals surface area contributed by atoms with Gasteiger partial charge in [-0.3, -0.25) is 10.00 Å². The predicted molar refractivity (Wildman–Crippen MR) is 88.8 cm³/mol. The highest BCUT2D eigenvalue weighted by atomic mass is 19.1. The topological polar surface area (TPSA) is 47.7 Å².